The van der Waals surface area contributed by atoms with Crippen molar-refractivity contribution in [2.75, 3.05) is 34.0 Å². The van der Waals surface area contributed by atoms with E-state index in [1.54, 1.807) is 26.2 Å². The van der Waals surface area contributed by atoms with Crippen LogP contribution in [0.4, 0.5) is 0 Å². The number of carbonyl (C=O) groups excluding carboxylic acids is 2. The topological polar surface area (TPSA) is 113 Å². The molecule has 0 bridgehead atoms. The third-order valence-electron chi connectivity index (χ3n) is 7.79. The number of methoxy groups -OCH3 is 2. The van der Waals surface area contributed by atoms with E-state index >= 15 is 0 Å². The van der Waals surface area contributed by atoms with Gasteiger partial charge in [-0.25, -0.2) is 4.79 Å². The number of hydrogen-bond acceptors (Lipinski definition) is 9. The van der Waals surface area contributed by atoms with Crippen LogP contribution in [0.1, 0.15) is 55.2 Å². The Morgan fingerprint density at radius 1 is 1.02 bits per heavy atom. The highest BCUT2D eigenvalue weighted by Gasteiger charge is 2.43. The van der Waals surface area contributed by atoms with E-state index in [4.69, 9.17) is 23.4 Å². The van der Waals surface area contributed by atoms with Crippen molar-refractivity contribution in [2.45, 2.75) is 45.4 Å². The molecule has 9 heteroatoms. The van der Waals surface area contributed by atoms with E-state index in [0.29, 0.717) is 52.5 Å². The maximum atomic E-state index is 14.0. The van der Waals surface area contributed by atoms with E-state index < -0.39 is 11.9 Å². The van der Waals surface area contributed by atoms with Crippen molar-refractivity contribution >= 4 is 22.7 Å². The summed E-state index contributed by atoms with van der Waals surface area (Å²) in [5.41, 5.74) is 3.96. The molecule has 0 amide bonds. The van der Waals surface area contributed by atoms with Gasteiger partial charge in [-0.05, 0) is 62.9 Å². The van der Waals surface area contributed by atoms with Crippen LogP contribution >= 0.6 is 0 Å². The van der Waals surface area contributed by atoms with E-state index in [-0.39, 0.29) is 47.9 Å². The van der Waals surface area contributed by atoms with Crippen LogP contribution in [0.2, 0.25) is 0 Å². The lowest BCUT2D eigenvalue weighted by molar-refractivity contribution is -0.140. The maximum Gasteiger partial charge on any atom is 0.336 e. The molecule has 42 heavy (non-hydrogen) atoms. The predicted octanol–water partition coefficient (Wildman–Crippen LogP) is 5.06. The van der Waals surface area contributed by atoms with Crippen LogP contribution in [0.3, 0.4) is 0 Å². The van der Waals surface area contributed by atoms with E-state index in [1.807, 2.05) is 38.1 Å². The summed E-state index contributed by atoms with van der Waals surface area (Å²) in [4.78, 5) is 41.4. The number of dihydropyridines is 1. The second-order valence-electron chi connectivity index (χ2n) is 10.5. The number of allylic oxidation sites excluding steroid dienone is 3. The Morgan fingerprint density at radius 3 is 2.57 bits per heavy atom. The molecule has 1 aliphatic heterocycles. The third kappa shape index (κ3) is 5.44. The monoisotopic (exact) mass is 573 g/mol. The van der Waals surface area contributed by atoms with Crippen molar-refractivity contribution in [2.24, 2.45) is 0 Å². The molecular formula is C33H35NO8. The quantitative estimate of drug-likeness (QED) is 0.277. The summed E-state index contributed by atoms with van der Waals surface area (Å²) < 4.78 is 27.6. The molecule has 0 saturated carbocycles. The highest BCUT2D eigenvalue weighted by atomic mass is 16.6. The molecule has 1 aliphatic carbocycles. The number of Topliss-reactive ketones (excluding diaryl/α,β-unsaturated/α-hetero) is 1. The molecule has 0 fully saturated rings. The Hall–Kier alpha value is -4.37. The number of ether oxygens (including phenoxy) is 4. The number of benzene rings is 2. The van der Waals surface area contributed by atoms with Crippen LogP contribution < -0.4 is 20.2 Å². The van der Waals surface area contributed by atoms with Gasteiger partial charge in [0.15, 0.2) is 22.7 Å². The van der Waals surface area contributed by atoms with Gasteiger partial charge >= 0.3 is 5.97 Å². The van der Waals surface area contributed by atoms with Crippen molar-refractivity contribution in [1.29, 1.82) is 0 Å². The summed E-state index contributed by atoms with van der Waals surface area (Å²) >= 11 is 0. The van der Waals surface area contributed by atoms with Gasteiger partial charge in [0.25, 0.3) is 0 Å². The van der Waals surface area contributed by atoms with Crippen molar-refractivity contribution in [3.8, 4) is 11.5 Å². The molecule has 220 valence electrons. The fourth-order valence-corrected chi connectivity index (χ4v) is 5.82. The minimum atomic E-state index is -0.944. The van der Waals surface area contributed by atoms with E-state index in [9.17, 15) is 14.4 Å². The number of hydrogen-bond donors (Lipinski definition) is 1. The number of aryl methyl sites for hydroxylation is 1. The molecule has 0 unspecified atom stereocenters. The standard InChI is InChI=1S/C33H35NO8/c1-6-40-27-10-8-20(16-28(27)39-5)21-14-24-31(25(35)15-21)30(29(19(3)34-24)33(37)41-12-11-38-4)23-17-42-26-9-7-18(2)13-22(26)32(23)36/h7-10,13,16-17,21,30,34H,6,11-12,14-15H2,1-5H3/t21-,30-/m0/s1. The maximum absolute atomic E-state index is 14.0. The van der Waals surface area contributed by atoms with Crippen molar-refractivity contribution < 1.29 is 33.0 Å². The zero-order chi connectivity index (χ0) is 30.0. The zero-order valence-electron chi connectivity index (χ0n) is 24.5. The average molecular weight is 574 g/mol. The summed E-state index contributed by atoms with van der Waals surface area (Å²) in [5, 5.41) is 3.70. The summed E-state index contributed by atoms with van der Waals surface area (Å²) in [6, 6.07) is 11.1. The molecule has 0 radical (unpaired) electrons. The Kier molecular flexibility index (Phi) is 8.49. The third-order valence-corrected chi connectivity index (χ3v) is 7.79. The van der Waals surface area contributed by atoms with Gasteiger partial charge in [-0.3, -0.25) is 9.59 Å². The summed E-state index contributed by atoms with van der Waals surface area (Å²) in [7, 11) is 3.10. The summed E-state index contributed by atoms with van der Waals surface area (Å²) in [5.74, 6) is -0.644. The number of carbonyl (C=O) groups is 2. The molecule has 2 atom stereocenters. The molecule has 2 heterocycles. The second kappa shape index (κ2) is 12.2. The molecule has 9 nitrogen and oxygen atoms in total. The highest BCUT2D eigenvalue weighted by molar-refractivity contribution is 6.04. The van der Waals surface area contributed by atoms with Gasteiger partial charge in [0.2, 0.25) is 0 Å². The van der Waals surface area contributed by atoms with Crippen LogP contribution in [0.25, 0.3) is 11.0 Å². The molecule has 5 rings (SSSR count). The van der Waals surface area contributed by atoms with Gasteiger partial charge in [0.1, 0.15) is 12.2 Å². The van der Waals surface area contributed by atoms with Crippen LogP contribution in [0, 0.1) is 6.92 Å². The molecule has 3 aromatic rings. The lowest BCUT2D eigenvalue weighted by Crippen LogP contribution is -2.37. The van der Waals surface area contributed by atoms with E-state index in [0.717, 1.165) is 11.1 Å². The molecule has 2 aromatic carbocycles. The van der Waals surface area contributed by atoms with Gasteiger partial charge in [-0.15, -0.1) is 0 Å². The van der Waals surface area contributed by atoms with Crippen LogP contribution in [-0.2, 0) is 19.1 Å². The van der Waals surface area contributed by atoms with Crippen molar-refractivity contribution in [3.63, 3.8) is 0 Å². The fraction of sp³-hybridized carbons (Fsp3) is 0.364. The molecule has 1 N–H and O–H groups in total. The van der Waals surface area contributed by atoms with Crippen molar-refractivity contribution in [3.05, 3.63) is 92.1 Å². The summed E-state index contributed by atoms with van der Waals surface area (Å²) in [6.45, 7) is 6.30. The Balaban J connectivity index is 1.61. The predicted molar refractivity (Wildman–Crippen MR) is 157 cm³/mol. The van der Waals surface area contributed by atoms with Gasteiger partial charge in [-0.1, -0.05) is 17.7 Å². The number of ketones is 1. The Morgan fingerprint density at radius 2 is 1.83 bits per heavy atom. The van der Waals surface area contributed by atoms with Gasteiger partial charge in [-0.2, -0.15) is 0 Å². The lowest BCUT2D eigenvalue weighted by Gasteiger charge is -2.36. The smallest absolute Gasteiger partial charge is 0.336 e. The zero-order valence-corrected chi connectivity index (χ0v) is 24.5. The van der Waals surface area contributed by atoms with E-state index in [2.05, 4.69) is 5.32 Å². The number of nitrogens with one attached hydrogen (secondary N) is 1. The van der Waals surface area contributed by atoms with Crippen LogP contribution in [0.15, 0.2) is 74.4 Å². The van der Waals surface area contributed by atoms with Gasteiger partial charge in [0, 0.05) is 36.1 Å². The van der Waals surface area contributed by atoms with Crippen LogP contribution in [0.5, 0.6) is 11.5 Å². The first kappa shape index (κ1) is 29.1. The molecule has 0 saturated heterocycles. The Bertz CT molecular complexity index is 1660. The first-order valence-electron chi connectivity index (χ1n) is 14.0. The van der Waals surface area contributed by atoms with E-state index in [1.165, 1.54) is 13.4 Å². The minimum absolute atomic E-state index is 0.0336. The van der Waals surface area contributed by atoms with Crippen LogP contribution in [-0.4, -0.2) is 45.8 Å². The van der Waals surface area contributed by atoms with Gasteiger partial charge in [0.05, 0.1) is 43.5 Å². The number of esters is 1. The largest absolute Gasteiger partial charge is 0.493 e. The minimum Gasteiger partial charge on any atom is -0.493 e. The fourth-order valence-electron chi connectivity index (χ4n) is 5.82. The SMILES string of the molecule is CCOc1ccc([C@@H]2CC(=O)C3=C(C2)NC(C)=C(C(=O)OCCOC)[C@@H]3c2coc3ccc(C)cc3c2=O)cc1OC. The summed E-state index contributed by atoms with van der Waals surface area (Å²) in [6.07, 6.45) is 2.06. The molecule has 1 aromatic heterocycles. The first-order chi connectivity index (χ1) is 20.3. The second-order valence-corrected chi connectivity index (χ2v) is 10.5. The normalized spacial score (nSPS) is 18.5. The molecular weight excluding hydrogens is 538 g/mol. The molecule has 0 spiro atoms. The number of rotatable bonds is 9. The van der Waals surface area contributed by atoms with Crippen molar-refractivity contribution in [1.82, 2.24) is 5.32 Å². The first-order valence-corrected chi connectivity index (χ1v) is 14.0. The lowest BCUT2D eigenvalue weighted by atomic mass is 9.72. The Labute approximate surface area is 244 Å². The molecule has 2 aliphatic rings. The van der Waals surface area contributed by atoms with Gasteiger partial charge < -0.3 is 28.7 Å². The number of fused-ring (bicyclic) bond motifs is 1. The highest BCUT2D eigenvalue weighted by Crippen LogP contribution is 2.46. The average Bonchev–Trinajstić information content (AvgIpc) is 2.97.